The molecule has 0 bridgehead atoms. The highest BCUT2D eigenvalue weighted by molar-refractivity contribution is 5.90. The van der Waals surface area contributed by atoms with Gasteiger partial charge in [0.15, 0.2) is 11.5 Å². The molecule has 0 amide bonds. The second kappa shape index (κ2) is 9.40. The Balaban J connectivity index is 1.54. The Bertz CT molecular complexity index is 1140. The Morgan fingerprint density at radius 3 is 2.34 bits per heavy atom. The fourth-order valence-electron chi connectivity index (χ4n) is 4.11. The van der Waals surface area contributed by atoms with Crippen LogP contribution in [0.4, 0.5) is 11.4 Å². The highest BCUT2D eigenvalue weighted by Gasteiger charge is 2.18. The van der Waals surface area contributed by atoms with E-state index in [0.29, 0.717) is 34.9 Å². The van der Waals surface area contributed by atoms with Gasteiger partial charge in [0.25, 0.3) is 5.56 Å². The van der Waals surface area contributed by atoms with E-state index in [4.69, 9.17) is 14.2 Å². The van der Waals surface area contributed by atoms with Gasteiger partial charge >= 0.3 is 0 Å². The molecule has 170 valence electrons. The maximum Gasteiger partial charge on any atom is 0.253 e. The quantitative estimate of drug-likeness (QED) is 0.521. The van der Waals surface area contributed by atoms with Crippen molar-refractivity contribution in [1.29, 1.82) is 0 Å². The van der Waals surface area contributed by atoms with Crippen LogP contribution in [0.3, 0.4) is 0 Å². The number of aliphatic hydroxyl groups is 1. The molecule has 2 aromatic carbocycles. The van der Waals surface area contributed by atoms with E-state index < -0.39 is 0 Å². The smallest absolute Gasteiger partial charge is 0.253 e. The Kier molecular flexibility index (Phi) is 6.41. The Morgan fingerprint density at radius 2 is 1.72 bits per heavy atom. The molecule has 2 heterocycles. The van der Waals surface area contributed by atoms with Crippen LogP contribution in [-0.2, 0) is 6.54 Å². The molecule has 1 aromatic heterocycles. The first-order chi connectivity index (χ1) is 15.5. The van der Waals surface area contributed by atoms with E-state index in [2.05, 4.69) is 27.3 Å². The minimum atomic E-state index is -0.188. The largest absolute Gasteiger partial charge is 0.493 e. The van der Waals surface area contributed by atoms with Gasteiger partial charge in [-0.2, -0.15) is 0 Å². The lowest BCUT2D eigenvalue weighted by molar-refractivity contribution is 0.145. The van der Waals surface area contributed by atoms with E-state index in [-0.39, 0.29) is 11.7 Å². The molecule has 0 aliphatic carbocycles. The number of piperidine rings is 1. The van der Waals surface area contributed by atoms with Crippen molar-refractivity contribution < 1.29 is 19.3 Å². The Hall–Kier alpha value is -3.39. The van der Waals surface area contributed by atoms with Crippen molar-refractivity contribution in [3.8, 4) is 17.2 Å². The first-order valence-corrected chi connectivity index (χ1v) is 10.7. The average Bonchev–Trinajstić information content (AvgIpc) is 2.82. The number of nitrogens with zero attached hydrogens (tertiary/aromatic N) is 1. The molecule has 1 aliphatic heterocycles. The van der Waals surface area contributed by atoms with Crippen LogP contribution >= 0.6 is 0 Å². The molecular weight excluding hydrogens is 410 g/mol. The van der Waals surface area contributed by atoms with Gasteiger partial charge in [-0.25, -0.2) is 0 Å². The van der Waals surface area contributed by atoms with Gasteiger partial charge in [0.1, 0.15) is 0 Å². The maximum atomic E-state index is 12.7. The van der Waals surface area contributed by atoms with E-state index in [1.165, 1.54) is 0 Å². The molecule has 1 aliphatic rings. The fourth-order valence-corrected chi connectivity index (χ4v) is 4.11. The zero-order valence-electron chi connectivity index (χ0n) is 18.6. The second-order valence-corrected chi connectivity index (χ2v) is 7.85. The van der Waals surface area contributed by atoms with Crippen molar-refractivity contribution in [2.24, 2.45) is 0 Å². The first kappa shape index (κ1) is 21.8. The molecule has 3 aromatic rings. The zero-order chi connectivity index (χ0) is 22.7. The molecule has 0 radical (unpaired) electrons. The molecule has 8 nitrogen and oxygen atoms in total. The number of anilines is 2. The number of aliphatic hydroxyl groups excluding tert-OH is 1. The summed E-state index contributed by atoms with van der Waals surface area (Å²) in [5, 5.41) is 13.7. The Labute approximate surface area is 186 Å². The van der Waals surface area contributed by atoms with Gasteiger partial charge in [0, 0.05) is 48.0 Å². The van der Waals surface area contributed by atoms with Crippen LogP contribution in [0, 0.1) is 0 Å². The maximum absolute atomic E-state index is 12.7. The number of hydrogen-bond acceptors (Lipinski definition) is 7. The minimum absolute atomic E-state index is 0.178. The summed E-state index contributed by atoms with van der Waals surface area (Å²) >= 11 is 0. The number of benzene rings is 2. The van der Waals surface area contributed by atoms with Crippen molar-refractivity contribution in [2.45, 2.75) is 25.5 Å². The van der Waals surface area contributed by atoms with Gasteiger partial charge in [-0.15, -0.1) is 0 Å². The summed E-state index contributed by atoms with van der Waals surface area (Å²) in [5.74, 6) is 1.48. The van der Waals surface area contributed by atoms with Crippen LogP contribution in [0.5, 0.6) is 17.2 Å². The van der Waals surface area contributed by atoms with Gasteiger partial charge in [0.05, 0.1) is 33.0 Å². The number of ether oxygens (including phenoxy) is 3. The number of pyridine rings is 1. The summed E-state index contributed by atoms with van der Waals surface area (Å²) in [6.45, 7) is 2.07. The Morgan fingerprint density at radius 1 is 1.03 bits per heavy atom. The van der Waals surface area contributed by atoms with Crippen LogP contribution in [0.15, 0.2) is 41.2 Å². The SMILES string of the molecule is COc1cc2[nH]c(=O)c(CNc3ccc(N4CCC(O)CC4)cc3)cc2c(OC)c1OC. The van der Waals surface area contributed by atoms with Gasteiger partial charge < -0.3 is 34.5 Å². The molecule has 0 unspecified atom stereocenters. The molecule has 32 heavy (non-hydrogen) atoms. The lowest BCUT2D eigenvalue weighted by atomic mass is 10.1. The highest BCUT2D eigenvalue weighted by Crippen LogP contribution is 2.42. The van der Waals surface area contributed by atoms with Crippen molar-refractivity contribution in [1.82, 2.24) is 4.98 Å². The molecule has 1 fully saturated rings. The second-order valence-electron chi connectivity index (χ2n) is 7.85. The van der Waals surface area contributed by atoms with Crippen molar-refractivity contribution in [2.75, 3.05) is 44.6 Å². The molecule has 1 saturated heterocycles. The van der Waals surface area contributed by atoms with E-state index in [1.54, 1.807) is 27.4 Å². The molecule has 8 heteroatoms. The van der Waals surface area contributed by atoms with Crippen LogP contribution in [0.25, 0.3) is 10.9 Å². The molecule has 4 rings (SSSR count). The monoisotopic (exact) mass is 439 g/mol. The normalized spacial score (nSPS) is 14.4. The predicted octanol–water partition coefficient (Wildman–Crippen LogP) is 3.13. The third kappa shape index (κ3) is 4.31. The molecule has 0 saturated carbocycles. The summed E-state index contributed by atoms with van der Waals surface area (Å²) in [6, 6.07) is 11.7. The van der Waals surface area contributed by atoms with Crippen LogP contribution in [0.2, 0.25) is 0 Å². The van der Waals surface area contributed by atoms with Crippen molar-refractivity contribution in [3.63, 3.8) is 0 Å². The molecule has 3 N–H and O–H groups in total. The summed E-state index contributed by atoms with van der Waals surface area (Å²) in [6.07, 6.45) is 1.40. The van der Waals surface area contributed by atoms with Gasteiger partial charge in [-0.1, -0.05) is 0 Å². The standard InChI is InChI=1S/C24H29N3O5/c1-30-21-13-20-19(22(31-2)23(21)32-3)12-15(24(29)26-20)14-25-16-4-6-17(7-5-16)27-10-8-18(28)9-11-27/h4-7,12-13,18,25,28H,8-11,14H2,1-3H3,(H,26,29). The van der Waals surface area contributed by atoms with Crippen LogP contribution in [0.1, 0.15) is 18.4 Å². The van der Waals surface area contributed by atoms with E-state index in [1.807, 2.05) is 18.2 Å². The zero-order valence-corrected chi connectivity index (χ0v) is 18.6. The number of nitrogens with one attached hydrogen (secondary N) is 2. The van der Waals surface area contributed by atoms with Crippen molar-refractivity contribution >= 4 is 22.3 Å². The van der Waals surface area contributed by atoms with E-state index >= 15 is 0 Å². The summed E-state index contributed by atoms with van der Waals surface area (Å²) in [5.41, 5.74) is 3.07. The van der Waals surface area contributed by atoms with Gasteiger partial charge in [-0.3, -0.25) is 4.79 Å². The lowest BCUT2D eigenvalue weighted by Crippen LogP contribution is -2.35. The number of H-pyrrole nitrogens is 1. The number of fused-ring (bicyclic) bond motifs is 1. The first-order valence-electron chi connectivity index (χ1n) is 10.7. The summed E-state index contributed by atoms with van der Waals surface area (Å²) < 4.78 is 16.4. The van der Waals surface area contributed by atoms with E-state index in [9.17, 15) is 9.90 Å². The number of aromatic nitrogens is 1. The lowest BCUT2D eigenvalue weighted by Gasteiger charge is -2.31. The van der Waals surface area contributed by atoms with Crippen molar-refractivity contribution in [3.05, 3.63) is 52.3 Å². The third-order valence-electron chi connectivity index (χ3n) is 5.91. The summed E-state index contributed by atoms with van der Waals surface area (Å²) in [7, 11) is 4.65. The highest BCUT2D eigenvalue weighted by atomic mass is 16.5. The fraction of sp³-hybridized carbons (Fsp3) is 0.375. The molecule has 0 spiro atoms. The molecular formula is C24H29N3O5. The third-order valence-corrected chi connectivity index (χ3v) is 5.91. The number of methoxy groups -OCH3 is 3. The predicted molar refractivity (Wildman–Crippen MR) is 125 cm³/mol. The van der Waals surface area contributed by atoms with Crippen LogP contribution in [-0.4, -0.2) is 50.6 Å². The topological polar surface area (TPSA) is 96.1 Å². The van der Waals surface area contributed by atoms with Gasteiger partial charge in [0.2, 0.25) is 5.75 Å². The van der Waals surface area contributed by atoms with Gasteiger partial charge in [-0.05, 0) is 43.2 Å². The number of hydrogen-bond donors (Lipinski definition) is 3. The molecule has 0 atom stereocenters. The summed E-state index contributed by atoms with van der Waals surface area (Å²) in [4.78, 5) is 17.8. The van der Waals surface area contributed by atoms with Crippen LogP contribution < -0.4 is 30.0 Å². The number of aromatic amines is 1. The van der Waals surface area contributed by atoms with E-state index in [0.717, 1.165) is 42.7 Å². The average molecular weight is 440 g/mol. The number of rotatable bonds is 7. The minimum Gasteiger partial charge on any atom is -0.493 e.